The van der Waals surface area contributed by atoms with Crippen molar-refractivity contribution in [1.29, 1.82) is 0 Å². The van der Waals surface area contributed by atoms with Crippen molar-refractivity contribution in [3.63, 3.8) is 0 Å². The second kappa shape index (κ2) is 4.69. The van der Waals surface area contributed by atoms with Gasteiger partial charge < -0.3 is 5.32 Å². The number of rotatable bonds is 1. The molecule has 18 heavy (non-hydrogen) atoms. The largest absolute Gasteiger partial charge is 0.308 e. The summed E-state index contributed by atoms with van der Waals surface area (Å²) in [5.74, 6) is 0. The first-order valence-corrected chi connectivity index (χ1v) is 6.88. The summed E-state index contributed by atoms with van der Waals surface area (Å²) in [6.07, 6.45) is 7.03. The zero-order valence-electron chi connectivity index (χ0n) is 10.9. The highest BCUT2D eigenvalue weighted by atomic mass is 15.0. The number of fused-ring (bicyclic) bond motifs is 1. The summed E-state index contributed by atoms with van der Waals surface area (Å²) in [7, 11) is 0. The highest BCUT2D eigenvalue weighted by Crippen LogP contribution is 2.30. The molecule has 1 saturated heterocycles. The minimum absolute atomic E-state index is 0.126. The minimum atomic E-state index is 0.126. The molecule has 0 amide bonds. The number of hydrogen-bond acceptors (Lipinski definition) is 2. The quantitative estimate of drug-likeness (QED) is 0.823. The van der Waals surface area contributed by atoms with Gasteiger partial charge in [-0.25, -0.2) is 0 Å². The molecule has 2 heterocycles. The standard InChI is InChI=1S/C16H20N2/c1-16(9-3-2-4-11-18-16)14-7-8-15-13(12-14)6-5-10-17-15/h5-8,10,12,18H,2-4,9,11H2,1H3. The van der Waals surface area contributed by atoms with Gasteiger partial charge in [0.25, 0.3) is 0 Å². The maximum absolute atomic E-state index is 4.39. The normalized spacial score (nSPS) is 24.9. The number of benzene rings is 1. The molecule has 1 atom stereocenters. The third kappa shape index (κ3) is 2.13. The fourth-order valence-corrected chi connectivity index (χ4v) is 2.90. The van der Waals surface area contributed by atoms with Crippen LogP contribution in [0.15, 0.2) is 36.5 Å². The van der Waals surface area contributed by atoms with Crippen molar-refractivity contribution in [2.24, 2.45) is 0 Å². The van der Waals surface area contributed by atoms with Gasteiger partial charge in [0.05, 0.1) is 5.52 Å². The Labute approximate surface area is 108 Å². The second-order valence-electron chi connectivity index (χ2n) is 5.48. The van der Waals surface area contributed by atoms with Crippen molar-refractivity contribution in [2.45, 2.75) is 38.1 Å². The topological polar surface area (TPSA) is 24.9 Å². The number of nitrogens with one attached hydrogen (secondary N) is 1. The Kier molecular flexibility index (Phi) is 3.04. The summed E-state index contributed by atoms with van der Waals surface area (Å²) in [5, 5.41) is 4.96. The predicted molar refractivity (Wildman–Crippen MR) is 75.6 cm³/mol. The first-order valence-electron chi connectivity index (χ1n) is 6.88. The molecule has 1 aromatic carbocycles. The second-order valence-corrected chi connectivity index (χ2v) is 5.48. The van der Waals surface area contributed by atoms with Crippen molar-refractivity contribution in [2.75, 3.05) is 6.54 Å². The lowest BCUT2D eigenvalue weighted by Crippen LogP contribution is -2.38. The van der Waals surface area contributed by atoms with Crippen LogP contribution in [0, 0.1) is 0 Å². The average Bonchev–Trinajstić information content (AvgIpc) is 2.64. The van der Waals surface area contributed by atoms with Gasteiger partial charge in [-0.15, -0.1) is 0 Å². The van der Waals surface area contributed by atoms with Gasteiger partial charge in [-0.05, 0) is 50.1 Å². The molecule has 1 aromatic heterocycles. The molecule has 1 N–H and O–H groups in total. The Bertz CT molecular complexity index is 540. The van der Waals surface area contributed by atoms with Crippen LogP contribution < -0.4 is 5.32 Å². The smallest absolute Gasteiger partial charge is 0.0702 e. The van der Waals surface area contributed by atoms with E-state index in [4.69, 9.17) is 0 Å². The summed E-state index contributed by atoms with van der Waals surface area (Å²) in [5.41, 5.74) is 2.60. The molecule has 94 valence electrons. The van der Waals surface area contributed by atoms with Crippen LogP contribution in [-0.4, -0.2) is 11.5 Å². The summed E-state index contributed by atoms with van der Waals surface area (Å²) in [6, 6.07) is 10.8. The highest BCUT2D eigenvalue weighted by Gasteiger charge is 2.27. The molecule has 1 fully saturated rings. The third-order valence-electron chi connectivity index (χ3n) is 4.11. The summed E-state index contributed by atoms with van der Waals surface area (Å²) >= 11 is 0. The average molecular weight is 240 g/mol. The SMILES string of the molecule is CC1(c2ccc3ncccc3c2)CCCCCN1. The lowest BCUT2D eigenvalue weighted by atomic mass is 9.87. The monoisotopic (exact) mass is 240 g/mol. The van der Waals surface area contributed by atoms with Gasteiger partial charge in [0, 0.05) is 17.1 Å². The molecule has 1 aliphatic rings. The van der Waals surface area contributed by atoms with E-state index in [0.29, 0.717) is 0 Å². The van der Waals surface area contributed by atoms with Crippen molar-refractivity contribution in [1.82, 2.24) is 10.3 Å². The van der Waals surface area contributed by atoms with Crippen LogP contribution >= 0.6 is 0 Å². The fourth-order valence-electron chi connectivity index (χ4n) is 2.90. The van der Waals surface area contributed by atoms with Gasteiger partial charge in [-0.2, -0.15) is 0 Å². The van der Waals surface area contributed by atoms with Crippen LogP contribution in [-0.2, 0) is 5.54 Å². The van der Waals surface area contributed by atoms with E-state index in [1.54, 1.807) is 0 Å². The molecule has 0 aliphatic carbocycles. The number of pyridine rings is 1. The van der Waals surface area contributed by atoms with Crippen molar-refractivity contribution in [3.8, 4) is 0 Å². The Morgan fingerprint density at radius 1 is 1.17 bits per heavy atom. The van der Waals surface area contributed by atoms with Crippen LogP contribution in [0.5, 0.6) is 0 Å². The molecule has 2 heteroatoms. The van der Waals surface area contributed by atoms with Crippen LogP contribution in [0.2, 0.25) is 0 Å². The first-order chi connectivity index (χ1) is 8.78. The molecule has 0 saturated carbocycles. The highest BCUT2D eigenvalue weighted by molar-refractivity contribution is 5.79. The fraction of sp³-hybridized carbons (Fsp3) is 0.438. The summed E-state index contributed by atoms with van der Waals surface area (Å²) < 4.78 is 0. The summed E-state index contributed by atoms with van der Waals surface area (Å²) in [6.45, 7) is 3.46. The van der Waals surface area contributed by atoms with Crippen LogP contribution in [0.3, 0.4) is 0 Å². The zero-order chi connectivity index (χ0) is 12.4. The summed E-state index contributed by atoms with van der Waals surface area (Å²) in [4.78, 5) is 4.39. The molecular weight excluding hydrogens is 220 g/mol. The lowest BCUT2D eigenvalue weighted by Gasteiger charge is -2.30. The molecule has 0 radical (unpaired) electrons. The molecule has 2 nitrogen and oxygen atoms in total. The minimum Gasteiger partial charge on any atom is -0.308 e. The molecule has 2 aromatic rings. The van der Waals surface area contributed by atoms with E-state index in [1.165, 1.54) is 36.6 Å². The number of aromatic nitrogens is 1. The predicted octanol–water partition coefficient (Wildman–Crippen LogP) is 3.61. The van der Waals surface area contributed by atoms with E-state index < -0.39 is 0 Å². The Morgan fingerprint density at radius 3 is 3.06 bits per heavy atom. The van der Waals surface area contributed by atoms with Crippen LogP contribution in [0.25, 0.3) is 10.9 Å². The van der Waals surface area contributed by atoms with Gasteiger partial charge in [0.2, 0.25) is 0 Å². The Morgan fingerprint density at radius 2 is 2.11 bits per heavy atom. The molecule has 3 rings (SSSR count). The van der Waals surface area contributed by atoms with Gasteiger partial charge in [-0.1, -0.05) is 25.0 Å². The maximum Gasteiger partial charge on any atom is 0.0702 e. The van der Waals surface area contributed by atoms with Crippen LogP contribution in [0.1, 0.15) is 38.2 Å². The van der Waals surface area contributed by atoms with E-state index >= 15 is 0 Å². The van der Waals surface area contributed by atoms with E-state index in [2.05, 4.69) is 41.5 Å². The van der Waals surface area contributed by atoms with Gasteiger partial charge in [-0.3, -0.25) is 4.98 Å². The molecule has 1 unspecified atom stereocenters. The maximum atomic E-state index is 4.39. The van der Waals surface area contributed by atoms with Crippen molar-refractivity contribution < 1.29 is 0 Å². The van der Waals surface area contributed by atoms with E-state index in [1.807, 2.05) is 12.3 Å². The number of nitrogens with zero attached hydrogens (tertiary/aromatic N) is 1. The Hall–Kier alpha value is -1.41. The molecule has 1 aliphatic heterocycles. The third-order valence-corrected chi connectivity index (χ3v) is 4.11. The van der Waals surface area contributed by atoms with Gasteiger partial charge in [0.15, 0.2) is 0 Å². The van der Waals surface area contributed by atoms with Crippen LogP contribution in [0.4, 0.5) is 0 Å². The van der Waals surface area contributed by atoms with E-state index in [-0.39, 0.29) is 5.54 Å². The molecule has 0 spiro atoms. The van der Waals surface area contributed by atoms with E-state index in [9.17, 15) is 0 Å². The van der Waals surface area contributed by atoms with Crippen molar-refractivity contribution in [3.05, 3.63) is 42.1 Å². The first kappa shape index (κ1) is 11.7. The van der Waals surface area contributed by atoms with E-state index in [0.717, 1.165) is 12.1 Å². The number of hydrogen-bond donors (Lipinski definition) is 1. The van der Waals surface area contributed by atoms with Crippen molar-refractivity contribution >= 4 is 10.9 Å². The van der Waals surface area contributed by atoms with Gasteiger partial charge >= 0.3 is 0 Å². The van der Waals surface area contributed by atoms with Gasteiger partial charge in [0.1, 0.15) is 0 Å². The Balaban J connectivity index is 2.02. The lowest BCUT2D eigenvalue weighted by molar-refractivity contribution is 0.360. The zero-order valence-corrected chi connectivity index (χ0v) is 10.9. The molecule has 0 bridgehead atoms. The molecular formula is C16H20N2.